The predicted octanol–water partition coefficient (Wildman–Crippen LogP) is 3.88. The molecule has 2 aromatic carbocycles. The van der Waals surface area contributed by atoms with Crippen LogP contribution in [0.25, 0.3) is 0 Å². The number of esters is 2. The second kappa shape index (κ2) is 21.2. The van der Waals surface area contributed by atoms with E-state index in [4.69, 9.17) is 22.5 Å². The third-order valence-electron chi connectivity index (χ3n) is 4.16. The molecule has 0 unspecified atom stereocenters. The lowest BCUT2D eigenvalue weighted by atomic mass is 10.2. The fraction of sp³-hybridized carbons (Fsp3) is 0.391. The SMILES string of the molecule is O=C(CCC(F)(F)F)OCc1ccccc1.O=C(CCO)OCc1ccccc1.O=S(=O)(OS(=O)(=O)C(F)(F)F)C(F)(F)F.O=S(=O)=O. The number of aliphatic hydroxyl groups is 1. The third-order valence-corrected chi connectivity index (χ3v) is 6.73. The van der Waals surface area contributed by atoms with Gasteiger partial charge in [0.2, 0.25) is 0 Å². The maximum atomic E-state index is 11.8. The van der Waals surface area contributed by atoms with E-state index in [0.29, 0.717) is 0 Å². The Labute approximate surface area is 267 Å². The van der Waals surface area contributed by atoms with Crippen molar-refractivity contribution >= 4 is 42.8 Å². The topological polar surface area (TPSA) is 202 Å². The van der Waals surface area contributed by atoms with Crippen molar-refractivity contribution in [3.8, 4) is 0 Å². The first kappa shape index (κ1) is 46.3. The van der Waals surface area contributed by atoms with E-state index in [1.54, 1.807) is 30.3 Å². The van der Waals surface area contributed by atoms with Gasteiger partial charge in [-0.1, -0.05) is 60.7 Å². The molecule has 13 nitrogen and oxygen atoms in total. The van der Waals surface area contributed by atoms with Crippen molar-refractivity contribution in [2.45, 2.75) is 49.7 Å². The Morgan fingerprint density at radius 3 is 1.21 bits per heavy atom. The van der Waals surface area contributed by atoms with Crippen molar-refractivity contribution in [2.24, 2.45) is 0 Å². The Bertz CT molecular complexity index is 1530. The highest BCUT2D eigenvalue weighted by molar-refractivity contribution is 8.00. The number of ether oxygens (including phenoxy) is 2. The molecule has 274 valence electrons. The second-order valence-electron chi connectivity index (χ2n) is 7.95. The molecule has 0 fully saturated rings. The highest BCUT2D eigenvalue weighted by Crippen LogP contribution is 2.32. The van der Waals surface area contributed by atoms with Crippen LogP contribution < -0.4 is 0 Å². The van der Waals surface area contributed by atoms with Gasteiger partial charge in [0.15, 0.2) is 0 Å². The van der Waals surface area contributed by atoms with Gasteiger partial charge in [-0.3, -0.25) is 9.59 Å². The van der Waals surface area contributed by atoms with Crippen molar-refractivity contribution in [1.82, 2.24) is 0 Å². The van der Waals surface area contributed by atoms with Gasteiger partial charge in [0.1, 0.15) is 13.2 Å². The van der Waals surface area contributed by atoms with Crippen LogP contribution in [0.5, 0.6) is 0 Å². The second-order valence-corrected chi connectivity index (χ2v) is 11.6. The molecule has 2 aromatic rings. The van der Waals surface area contributed by atoms with E-state index in [0.717, 1.165) is 11.1 Å². The summed E-state index contributed by atoms with van der Waals surface area (Å²) in [6.45, 7) is 0.130. The van der Waals surface area contributed by atoms with Crippen LogP contribution in [-0.4, -0.2) is 70.3 Å². The van der Waals surface area contributed by atoms with Crippen LogP contribution in [0.15, 0.2) is 60.7 Å². The van der Waals surface area contributed by atoms with Gasteiger partial charge in [0, 0.05) is 0 Å². The molecule has 0 aliphatic heterocycles. The van der Waals surface area contributed by atoms with Crippen LogP contribution in [0, 0.1) is 0 Å². The fourth-order valence-corrected chi connectivity index (χ4v) is 3.71. The van der Waals surface area contributed by atoms with E-state index >= 15 is 0 Å². The molecule has 0 heterocycles. The first-order valence-electron chi connectivity index (χ1n) is 11.9. The third kappa shape index (κ3) is 23.5. The maximum absolute atomic E-state index is 11.8. The zero-order chi connectivity index (χ0) is 37.8. The monoisotopic (exact) mass is 774 g/mol. The van der Waals surface area contributed by atoms with Crippen LogP contribution in [0.2, 0.25) is 0 Å². The molecule has 0 amide bonds. The molecule has 0 spiro atoms. The first-order chi connectivity index (χ1) is 21.7. The molecular weight excluding hydrogens is 751 g/mol. The minimum absolute atomic E-state index is 0.0114. The number of benzene rings is 2. The number of hydrogen-bond acceptors (Lipinski definition) is 13. The molecule has 0 atom stereocenters. The zero-order valence-corrected chi connectivity index (χ0v) is 25.9. The average Bonchev–Trinajstić information content (AvgIpc) is 2.93. The van der Waals surface area contributed by atoms with Gasteiger partial charge in [-0.25, -0.2) is 0 Å². The summed E-state index contributed by atoms with van der Waals surface area (Å²) < 4.78 is 180. The molecule has 0 aromatic heterocycles. The lowest BCUT2D eigenvalue weighted by Gasteiger charge is -2.09. The van der Waals surface area contributed by atoms with Crippen LogP contribution in [0.4, 0.5) is 39.5 Å². The number of alkyl halides is 9. The summed E-state index contributed by atoms with van der Waals surface area (Å²) in [6.07, 6.45) is -6.02. The predicted molar refractivity (Wildman–Crippen MR) is 140 cm³/mol. The summed E-state index contributed by atoms with van der Waals surface area (Å²) in [4.78, 5) is 21.8. The molecule has 0 radical (unpaired) electrons. The summed E-state index contributed by atoms with van der Waals surface area (Å²) in [7, 11) is -16.8. The van der Waals surface area contributed by atoms with Crippen molar-refractivity contribution in [2.75, 3.05) is 6.61 Å². The molecule has 25 heteroatoms. The summed E-state index contributed by atoms with van der Waals surface area (Å²) >= 11 is 0. The van der Waals surface area contributed by atoms with Gasteiger partial charge in [-0.2, -0.15) is 56.3 Å². The van der Waals surface area contributed by atoms with Gasteiger partial charge in [-0.15, -0.1) is 16.3 Å². The van der Waals surface area contributed by atoms with Crippen molar-refractivity contribution in [1.29, 1.82) is 0 Å². The summed E-state index contributed by atoms with van der Waals surface area (Å²) in [5.41, 5.74) is -10.8. The molecule has 0 bridgehead atoms. The number of rotatable bonds is 10. The Kier molecular flexibility index (Phi) is 20.5. The van der Waals surface area contributed by atoms with Crippen LogP contribution in [-0.2, 0) is 66.8 Å². The van der Waals surface area contributed by atoms with Gasteiger partial charge >= 0.3 is 60.0 Å². The normalized spacial score (nSPS) is 11.6. The summed E-state index contributed by atoms with van der Waals surface area (Å²) in [5, 5.41) is 8.43. The Morgan fingerprint density at radius 2 is 0.938 bits per heavy atom. The molecule has 0 saturated heterocycles. The van der Waals surface area contributed by atoms with E-state index in [1.807, 2.05) is 34.0 Å². The lowest BCUT2D eigenvalue weighted by Crippen LogP contribution is -2.34. The number of hydrogen-bond donors (Lipinski definition) is 1. The van der Waals surface area contributed by atoms with Gasteiger partial charge in [0.25, 0.3) is 0 Å². The average molecular weight is 775 g/mol. The number of aliphatic hydroxyl groups excluding tert-OH is 1. The van der Waals surface area contributed by atoms with E-state index in [1.165, 1.54) is 0 Å². The van der Waals surface area contributed by atoms with Gasteiger partial charge < -0.3 is 14.6 Å². The molecule has 48 heavy (non-hydrogen) atoms. The fourth-order valence-electron chi connectivity index (χ4n) is 2.15. The number of carbonyl (C=O) groups excluding carboxylic acids is 2. The highest BCUT2D eigenvalue weighted by Gasteiger charge is 2.57. The molecule has 0 aliphatic carbocycles. The standard InChI is InChI=1S/C11H11F3O2.C10H12O3.C2F6O5S2.O3S/c12-11(13,14)7-6-10(15)16-8-9-4-2-1-3-5-9;11-7-6-10(12)13-8-9-4-2-1-3-5-9;3-1(4,5)14(9,10)13-15(11,12)2(6,7)8;1-4(2)3/h1-5H,6-8H2;1-5,11H,6-8H2;;. The molecular formula is C23H23F9O13S3. The van der Waals surface area contributed by atoms with Crippen molar-refractivity contribution in [3.05, 3.63) is 71.8 Å². The Hall–Kier alpha value is -3.81. The smallest absolute Gasteiger partial charge is 0.461 e. The summed E-state index contributed by atoms with van der Waals surface area (Å²) in [5.74, 6) is -1.20. The minimum atomic E-state index is -6.85. The molecule has 0 saturated carbocycles. The Morgan fingerprint density at radius 1 is 0.625 bits per heavy atom. The summed E-state index contributed by atoms with van der Waals surface area (Å²) in [6, 6.07) is 18.2. The highest BCUT2D eigenvalue weighted by atomic mass is 32.3. The van der Waals surface area contributed by atoms with Crippen LogP contribution in [0.3, 0.4) is 0 Å². The van der Waals surface area contributed by atoms with Crippen LogP contribution in [0.1, 0.15) is 30.4 Å². The Balaban J connectivity index is 0. The van der Waals surface area contributed by atoms with E-state index in [9.17, 15) is 65.9 Å². The maximum Gasteiger partial charge on any atom is 0.524 e. The van der Waals surface area contributed by atoms with Crippen molar-refractivity contribution < 1.29 is 96.8 Å². The first-order valence-corrected chi connectivity index (χ1v) is 15.7. The van der Waals surface area contributed by atoms with Gasteiger partial charge in [0.05, 0.1) is 25.9 Å². The number of carbonyl (C=O) groups is 2. The molecule has 0 aliphatic rings. The van der Waals surface area contributed by atoms with E-state index < -0.39 is 66.8 Å². The lowest BCUT2D eigenvalue weighted by molar-refractivity contribution is -0.158. The minimum Gasteiger partial charge on any atom is -0.461 e. The molecule has 1 N–H and O–H groups in total. The molecule has 2 rings (SSSR count). The quantitative estimate of drug-likeness (QED) is 0.207. The number of halogens is 9. The van der Waals surface area contributed by atoms with E-state index in [-0.39, 0.29) is 32.2 Å². The zero-order valence-electron chi connectivity index (χ0n) is 23.5. The van der Waals surface area contributed by atoms with E-state index in [2.05, 4.69) is 4.74 Å². The van der Waals surface area contributed by atoms with Crippen molar-refractivity contribution in [3.63, 3.8) is 0 Å². The van der Waals surface area contributed by atoms with Crippen LogP contribution >= 0.6 is 0 Å². The van der Waals surface area contributed by atoms with Gasteiger partial charge in [-0.05, 0) is 11.1 Å². The largest absolute Gasteiger partial charge is 0.524 e.